The molecule has 160 valence electrons. The fraction of sp³-hybridized carbons (Fsp3) is 0.875. The van der Waals surface area contributed by atoms with Gasteiger partial charge in [-0.1, -0.05) is 90.9 Å². The van der Waals surface area contributed by atoms with Gasteiger partial charge in [0.2, 0.25) is 0 Å². The largest absolute Gasteiger partial charge is 1.00 e. The van der Waals surface area contributed by atoms with Gasteiger partial charge >= 0.3 is 0 Å². The number of imidazole rings is 1. The third-order valence-corrected chi connectivity index (χ3v) is 5.76. The van der Waals surface area contributed by atoms with Crippen molar-refractivity contribution in [3.05, 3.63) is 18.2 Å². The van der Waals surface area contributed by atoms with Crippen molar-refractivity contribution in [2.24, 2.45) is 0 Å². The van der Waals surface area contributed by atoms with E-state index in [9.17, 15) is 0 Å². The topological polar surface area (TPSA) is 8.81 Å². The molecule has 0 bridgehead atoms. The van der Waals surface area contributed by atoms with Gasteiger partial charge in [-0.3, -0.25) is 0 Å². The van der Waals surface area contributed by atoms with Crippen LogP contribution in [0.3, 0.4) is 0 Å². The predicted octanol–water partition coefficient (Wildman–Crippen LogP) is 4.37. The highest BCUT2D eigenvalue weighted by molar-refractivity contribution is 4.79. The normalized spacial score (nSPS) is 10.9. The molecule has 1 aromatic rings. The Bertz CT molecular complexity index is 391. The highest BCUT2D eigenvalue weighted by Gasteiger charge is 2.11. The zero-order valence-corrected chi connectivity index (χ0v) is 20.8. The zero-order valence-electron chi connectivity index (χ0n) is 18.7. The highest BCUT2D eigenvalue weighted by atomic mass is 127. The summed E-state index contributed by atoms with van der Waals surface area (Å²) in [5.41, 5.74) is 0. The molecule has 0 atom stereocenters. The third-order valence-electron chi connectivity index (χ3n) is 5.76. The van der Waals surface area contributed by atoms with Crippen molar-refractivity contribution in [3.8, 4) is 0 Å². The molecule has 0 unspecified atom stereocenters. The van der Waals surface area contributed by atoms with E-state index in [1.165, 1.54) is 122 Å². The first-order valence-corrected chi connectivity index (χ1v) is 11.8. The van der Waals surface area contributed by atoms with Gasteiger partial charge in [0.25, 0.3) is 5.82 Å². The third kappa shape index (κ3) is 13.7. The van der Waals surface area contributed by atoms with Gasteiger partial charge in [0.05, 0.1) is 13.1 Å². The molecule has 1 rings (SSSR count). The molecule has 0 aromatic carbocycles. The van der Waals surface area contributed by atoms with Crippen molar-refractivity contribution in [1.29, 1.82) is 0 Å². The molecular formula is C24H47IN2. The average molecular weight is 491 g/mol. The van der Waals surface area contributed by atoms with E-state index in [4.69, 9.17) is 0 Å². The summed E-state index contributed by atoms with van der Waals surface area (Å²) in [7, 11) is 0. The van der Waals surface area contributed by atoms with E-state index in [2.05, 4.69) is 42.3 Å². The number of hydrogen-bond donors (Lipinski definition) is 0. The van der Waals surface area contributed by atoms with Crippen molar-refractivity contribution in [3.63, 3.8) is 0 Å². The van der Waals surface area contributed by atoms with Crippen LogP contribution in [0.25, 0.3) is 0 Å². The van der Waals surface area contributed by atoms with Crippen LogP contribution in [0.2, 0.25) is 0 Å². The Hall–Kier alpha value is -0.0600. The molecule has 27 heavy (non-hydrogen) atoms. The molecule has 0 fully saturated rings. The van der Waals surface area contributed by atoms with Crippen LogP contribution in [-0.2, 0) is 13.1 Å². The minimum atomic E-state index is 0. The second-order valence-electron chi connectivity index (χ2n) is 8.18. The monoisotopic (exact) mass is 490 g/mol. The summed E-state index contributed by atoms with van der Waals surface area (Å²) >= 11 is 0. The fourth-order valence-corrected chi connectivity index (χ4v) is 3.85. The molecular weight excluding hydrogens is 443 g/mol. The Morgan fingerprint density at radius 3 is 1.63 bits per heavy atom. The molecule has 3 heteroatoms. The lowest BCUT2D eigenvalue weighted by molar-refractivity contribution is -0.702. The number of hydrogen-bond acceptors (Lipinski definition) is 0. The van der Waals surface area contributed by atoms with Gasteiger partial charge in [-0.25, -0.2) is 9.13 Å². The number of rotatable bonds is 18. The Morgan fingerprint density at radius 2 is 1.11 bits per heavy atom. The molecule has 0 spiro atoms. The van der Waals surface area contributed by atoms with Crippen LogP contribution in [0.5, 0.6) is 0 Å². The highest BCUT2D eigenvalue weighted by Crippen LogP contribution is 2.10. The maximum absolute atomic E-state index is 2.46. The molecule has 0 amide bonds. The maximum Gasteiger partial charge on any atom is 0.253 e. The lowest BCUT2D eigenvalue weighted by Gasteiger charge is -2.03. The molecule has 1 aromatic heterocycles. The Kier molecular flexibility index (Phi) is 19.2. The molecule has 0 N–H and O–H groups in total. The van der Waals surface area contributed by atoms with Crippen LogP contribution in [0.1, 0.15) is 122 Å². The van der Waals surface area contributed by atoms with E-state index >= 15 is 0 Å². The lowest BCUT2D eigenvalue weighted by atomic mass is 10.1. The number of aromatic nitrogens is 2. The van der Waals surface area contributed by atoms with E-state index in [-0.39, 0.29) is 24.0 Å². The van der Waals surface area contributed by atoms with Crippen molar-refractivity contribution in [2.75, 3.05) is 0 Å². The van der Waals surface area contributed by atoms with Crippen LogP contribution in [-0.4, -0.2) is 4.57 Å². The van der Waals surface area contributed by atoms with Crippen molar-refractivity contribution in [2.45, 2.75) is 137 Å². The number of unbranched alkanes of at least 4 members (excludes halogenated alkanes) is 14. The van der Waals surface area contributed by atoms with Gasteiger partial charge in [-0.05, 0) is 25.7 Å². The van der Waals surface area contributed by atoms with Crippen molar-refractivity contribution >= 4 is 0 Å². The number of halogens is 1. The Balaban J connectivity index is 0.00000676. The molecule has 0 saturated carbocycles. The summed E-state index contributed by atoms with van der Waals surface area (Å²) in [4.78, 5) is 0. The molecule has 0 radical (unpaired) electrons. The van der Waals surface area contributed by atoms with Gasteiger partial charge in [-0.2, -0.15) is 0 Å². The van der Waals surface area contributed by atoms with Gasteiger partial charge in [-0.15, -0.1) is 0 Å². The van der Waals surface area contributed by atoms with Crippen LogP contribution < -0.4 is 28.5 Å². The maximum atomic E-state index is 2.46. The van der Waals surface area contributed by atoms with E-state index in [0.717, 1.165) is 0 Å². The summed E-state index contributed by atoms with van der Waals surface area (Å²) in [6, 6.07) is 0. The minimum Gasteiger partial charge on any atom is -1.00 e. The first-order chi connectivity index (χ1) is 12.8. The standard InChI is InChI=1S/C24H47N2.HI/c1-4-6-8-10-12-14-16-18-20-25-22-23-26(24(25)3)21-19-17-15-13-11-9-7-5-2;/h22-23H,4-21H2,1-3H3;1H/q+1;/p-1. The number of aryl methyl sites for hydroxylation is 2. The molecule has 0 aliphatic rings. The first-order valence-electron chi connectivity index (χ1n) is 11.8. The van der Waals surface area contributed by atoms with Crippen LogP contribution in [0, 0.1) is 6.92 Å². The number of nitrogens with zero attached hydrogens (tertiary/aromatic N) is 2. The second-order valence-corrected chi connectivity index (χ2v) is 8.18. The summed E-state index contributed by atoms with van der Waals surface area (Å²) in [6.45, 7) is 9.27. The van der Waals surface area contributed by atoms with E-state index in [1.54, 1.807) is 0 Å². The average Bonchev–Trinajstić information content (AvgIpc) is 2.99. The minimum absolute atomic E-state index is 0. The Labute approximate surface area is 187 Å². The molecule has 2 nitrogen and oxygen atoms in total. The van der Waals surface area contributed by atoms with E-state index < -0.39 is 0 Å². The van der Waals surface area contributed by atoms with E-state index in [0.29, 0.717) is 0 Å². The van der Waals surface area contributed by atoms with Crippen LogP contribution in [0.15, 0.2) is 12.4 Å². The van der Waals surface area contributed by atoms with Crippen molar-refractivity contribution in [1.82, 2.24) is 4.57 Å². The summed E-state index contributed by atoms with van der Waals surface area (Å²) < 4.78 is 4.92. The molecule has 0 aliphatic heterocycles. The smallest absolute Gasteiger partial charge is 0.253 e. The van der Waals surface area contributed by atoms with Crippen molar-refractivity contribution < 1.29 is 28.5 Å². The fourth-order valence-electron chi connectivity index (χ4n) is 3.85. The first kappa shape index (κ1) is 26.9. The Morgan fingerprint density at radius 1 is 0.667 bits per heavy atom. The van der Waals surface area contributed by atoms with Gasteiger partial charge in [0.15, 0.2) is 0 Å². The summed E-state index contributed by atoms with van der Waals surface area (Å²) in [6.07, 6.45) is 27.0. The quantitative estimate of drug-likeness (QED) is 0.164. The molecule has 1 heterocycles. The second kappa shape index (κ2) is 19.3. The molecule has 0 aliphatic carbocycles. The predicted molar refractivity (Wildman–Crippen MR) is 115 cm³/mol. The van der Waals surface area contributed by atoms with E-state index in [1.807, 2.05) is 0 Å². The molecule has 0 saturated heterocycles. The van der Waals surface area contributed by atoms with Gasteiger partial charge in [0.1, 0.15) is 12.4 Å². The van der Waals surface area contributed by atoms with Gasteiger partial charge in [0, 0.05) is 6.92 Å². The van der Waals surface area contributed by atoms with Crippen LogP contribution in [0.4, 0.5) is 0 Å². The van der Waals surface area contributed by atoms with Crippen LogP contribution >= 0.6 is 0 Å². The summed E-state index contributed by atoms with van der Waals surface area (Å²) in [5, 5.41) is 0. The summed E-state index contributed by atoms with van der Waals surface area (Å²) in [5.74, 6) is 1.44. The SMILES string of the molecule is CCCCCCCCCCn1cc[n+](CCCCCCCCCC)c1C.[I-]. The zero-order chi connectivity index (χ0) is 18.9. The van der Waals surface area contributed by atoms with Gasteiger partial charge < -0.3 is 24.0 Å². The lowest BCUT2D eigenvalue weighted by Crippen LogP contribution is -3.00.